The third-order valence-corrected chi connectivity index (χ3v) is 3.22. The number of nitrogens with one attached hydrogen (secondary N) is 1. The maximum atomic E-state index is 11.5. The Morgan fingerprint density at radius 3 is 2.42 bits per heavy atom. The van der Waals surface area contributed by atoms with Crippen LogP contribution in [0.15, 0.2) is 12.2 Å². The van der Waals surface area contributed by atoms with Crippen molar-refractivity contribution in [3.8, 4) is 0 Å². The van der Waals surface area contributed by atoms with E-state index in [0.29, 0.717) is 25.8 Å². The monoisotopic (exact) mass is 284 g/mol. The van der Waals surface area contributed by atoms with Crippen molar-refractivity contribution in [1.29, 1.82) is 0 Å². The molecule has 6 nitrogen and oxygen atoms in total. The number of thioether (sulfide) groups is 1. The molecule has 7 heteroatoms. The fraction of sp³-hybridized carbons (Fsp3) is 0.500. The summed E-state index contributed by atoms with van der Waals surface area (Å²) in [5.74, 6) is -1.31. The number of rotatable bonds is 7. The summed E-state index contributed by atoms with van der Waals surface area (Å²) < 4.78 is 0. The van der Waals surface area contributed by atoms with Gasteiger partial charge in [0.25, 0.3) is 11.8 Å². The van der Waals surface area contributed by atoms with Crippen molar-refractivity contribution in [1.82, 2.24) is 10.2 Å². The van der Waals surface area contributed by atoms with E-state index in [1.165, 1.54) is 11.8 Å². The van der Waals surface area contributed by atoms with E-state index in [1.54, 1.807) is 6.26 Å². The normalized spacial score (nSPS) is 14.1. The molecular weight excluding hydrogens is 268 g/mol. The van der Waals surface area contributed by atoms with Crippen molar-refractivity contribution >= 4 is 34.6 Å². The number of hydrogen-bond donors (Lipinski definition) is 1. The molecule has 0 radical (unpaired) electrons. The quantitative estimate of drug-likeness (QED) is 0.529. The Hall–Kier alpha value is -1.63. The molecule has 0 atom stereocenters. The largest absolute Gasteiger partial charge is 0.355 e. The van der Waals surface area contributed by atoms with E-state index >= 15 is 0 Å². The molecule has 0 aliphatic carbocycles. The van der Waals surface area contributed by atoms with Gasteiger partial charge >= 0.3 is 0 Å². The predicted molar refractivity (Wildman–Crippen MR) is 71.2 cm³/mol. The predicted octanol–water partition coefficient (Wildman–Crippen LogP) is 0.0875. The second-order valence-corrected chi connectivity index (χ2v) is 4.84. The number of unbranched alkanes of at least 4 members (excludes halogenated alkanes) is 1. The van der Waals surface area contributed by atoms with Crippen molar-refractivity contribution < 1.29 is 19.2 Å². The lowest BCUT2D eigenvalue weighted by molar-refractivity contribution is -0.141. The lowest BCUT2D eigenvalue weighted by atomic mass is 10.2. The van der Waals surface area contributed by atoms with Crippen LogP contribution in [-0.4, -0.2) is 47.1 Å². The fourth-order valence-electron chi connectivity index (χ4n) is 1.51. The highest BCUT2D eigenvalue weighted by atomic mass is 32.2. The van der Waals surface area contributed by atoms with Crippen molar-refractivity contribution in [2.45, 2.75) is 19.3 Å². The van der Waals surface area contributed by atoms with Gasteiger partial charge in [-0.3, -0.25) is 24.1 Å². The Morgan fingerprint density at radius 2 is 1.84 bits per heavy atom. The summed E-state index contributed by atoms with van der Waals surface area (Å²) in [6.45, 7) is 0.179. The Bertz CT molecular complexity index is 402. The van der Waals surface area contributed by atoms with E-state index in [0.717, 1.165) is 17.1 Å². The molecule has 1 rings (SSSR count). The minimum absolute atomic E-state index is 0.130. The van der Waals surface area contributed by atoms with Gasteiger partial charge in [-0.15, -0.1) is 0 Å². The molecule has 3 amide bonds. The van der Waals surface area contributed by atoms with Gasteiger partial charge in [0.15, 0.2) is 5.12 Å². The standard InChI is InChI=1S/C12H16N2O4S/c1-19-12(18)4-2-3-7-13-9(15)8-14-10(16)5-6-11(14)17/h5-6H,2-4,7-8H2,1H3,(H,13,15). The first kappa shape index (κ1) is 15.4. The van der Waals surface area contributed by atoms with E-state index in [-0.39, 0.29) is 17.6 Å². The summed E-state index contributed by atoms with van der Waals surface area (Å²) in [5.41, 5.74) is 0. The Balaban J connectivity index is 2.13. The van der Waals surface area contributed by atoms with Gasteiger partial charge in [-0.05, 0) is 19.1 Å². The van der Waals surface area contributed by atoms with Crippen molar-refractivity contribution in [2.75, 3.05) is 19.3 Å². The van der Waals surface area contributed by atoms with Crippen LogP contribution in [-0.2, 0) is 19.2 Å². The molecule has 1 heterocycles. The lowest BCUT2D eigenvalue weighted by Crippen LogP contribution is -2.40. The molecule has 0 aromatic rings. The zero-order chi connectivity index (χ0) is 14.3. The molecule has 0 saturated heterocycles. The molecule has 0 unspecified atom stereocenters. The van der Waals surface area contributed by atoms with Gasteiger partial charge in [-0.2, -0.15) is 0 Å². The molecule has 0 spiro atoms. The van der Waals surface area contributed by atoms with Crippen LogP contribution in [0.2, 0.25) is 0 Å². The molecule has 0 aromatic heterocycles. The van der Waals surface area contributed by atoms with Crippen LogP contribution in [0.25, 0.3) is 0 Å². The molecule has 19 heavy (non-hydrogen) atoms. The SMILES string of the molecule is CSC(=O)CCCCNC(=O)CN1C(=O)C=CC1=O. The van der Waals surface area contributed by atoms with Crippen LogP contribution in [0.5, 0.6) is 0 Å². The first-order chi connectivity index (χ1) is 9.04. The third-order valence-electron chi connectivity index (χ3n) is 2.56. The summed E-state index contributed by atoms with van der Waals surface area (Å²) in [7, 11) is 0. The van der Waals surface area contributed by atoms with E-state index in [1.807, 2.05) is 0 Å². The van der Waals surface area contributed by atoms with Gasteiger partial charge in [-0.1, -0.05) is 11.8 Å². The first-order valence-electron chi connectivity index (χ1n) is 5.91. The van der Waals surface area contributed by atoms with E-state index in [2.05, 4.69) is 5.32 Å². The number of hydrogen-bond acceptors (Lipinski definition) is 5. The Labute approximate surface area is 115 Å². The highest BCUT2D eigenvalue weighted by Gasteiger charge is 2.25. The van der Waals surface area contributed by atoms with Crippen LogP contribution >= 0.6 is 11.8 Å². The zero-order valence-electron chi connectivity index (χ0n) is 10.7. The van der Waals surface area contributed by atoms with Gasteiger partial charge in [0.1, 0.15) is 6.54 Å². The van der Waals surface area contributed by atoms with Crippen molar-refractivity contribution in [3.63, 3.8) is 0 Å². The number of carbonyl (C=O) groups is 4. The molecule has 1 N–H and O–H groups in total. The smallest absolute Gasteiger partial charge is 0.254 e. The molecule has 104 valence electrons. The molecule has 1 aliphatic rings. The Morgan fingerprint density at radius 1 is 1.21 bits per heavy atom. The number of carbonyl (C=O) groups excluding carboxylic acids is 4. The second-order valence-electron chi connectivity index (χ2n) is 3.98. The number of nitrogens with zero attached hydrogens (tertiary/aromatic N) is 1. The van der Waals surface area contributed by atoms with Gasteiger partial charge in [-0.25, -0.2) is 0 Å². The third kappa shape index (κ3) is 5.25. The summed E-state index contributed by atoms with van der Waals surface area (Å²) in [4.78, 5) is 45.8. The minimum atomic E-state index is -0.467. The summed E-state index contributed by atoms with van der Waals surface area (Å²) >= 11 is 1.20. The lowest BCUT2D eigenvalue weighted by Gasteiger charge is -2.13. The molecule has 0 fully saturated rings. The van der Waals surface area contributed by atoms with Crippen molar-refractivity contribution in [3.05, 3.63) is 12.2 Å². The molecule has 1 aliphatic heterocycles. The maximum absolute atomic E-state index is 11.5. The maximum Gasteiger partial charge on any atom is 0.254 e. The van der Waals surface area contributed by atoms with Gasteiger partial charge in [0, 0.05) is 25.1 Å². The fourth-order valence-corrected chi connectivity index (χ4v) is 1.86. The van der Waals surface area contributed by atoms with E-state index < -0.39 is 11.8 Å². The Kier molecular flexibility index (Phi) is 6.27. The van der Waals surface area contributed by atoms with Crippen LogP contribution in [0, 0.1) is 0 Å². The second kappa shape index (κ2) is 7.73. The van der Waals surface area contributed by atoms with E-state index in [4.69, 9.17) is 0 Å². The van der Waals surface area contributed by atoms with Crippen LogP contribution in [0.1, 0.15) is 19.3 Å². The van der Waals surface area contributed by atoms with Crippen LogP contribution in [0.4, 0.5) is 0 Å². The molecule has 0 saturated carbocycles. The van der Waals surface area contributed by atoms with Crippen molar-refractivity contribution in [2.24, 2.45) is 0 Å². The van der Waals surface area contributed by atoms with E-state index in [9.17, 15) is 19.2 Å². The first-order valence-corrected chi connectivity index (χ1v) is 7.14. The average Bonchev–Trinajstić information content (AvgIpc) is 2.69. The molecule has 0 bridgehead atoms. The van der Waals surface area contributed by atoms with Gasteiger partial charge in [0.05, 0.1) is 0 Å². The van der Waals surface area contributed by atoms with Crippen LogP contribution < -0.4 is 5.32 Å². The molecular formula is C12H16N2O4S. The summed E-state index contributed by atoms with van der Waals surface area (Å²) in [6.07, 6.45) is 5.92. The van der Waals surface area contributed by atoms with Gasteiger partial charge < -0.3 is 5.32 Å². The number of amides is 3. The number of imide groups is 1. The topological polar surface area (TPSA) is 83.6 Å². The highest BCUT2D eigenvalue weighted by Crippen LogP contribution is 2.04. The summed E-state index contributed by atoms with van der Waals surface area (Å²) in [6, 6.07) is 0. The highest BCUT2D eigenvalue weighted by molar-refractivity contribution is 8.13. The van der Waals surface area contributed by atoms with Crippen LogP contribution in [0.3, 0.4) is 0 Å². The zero-order valence-corrected chi connectivity index (χ0v) is 11.5. The molecule has 0 aromatic carbocycles. The van der Waals surface area contributed by atoms with Gasteiger partial charge in [0.2, 0.25) is 5.91 Å². The average molecular weight is 284 g/mol. The minimum Gasteiger partial charge on any atom is -0.355 e. The summed E-state index contributed by atoms with van der Waals surface area (Å²) in [5, 5.41) is 2.74.